The summed E-state index contributed by atoms with van der Waals surface area (Å²) in [6, 6.07) is 0. The van der Waals surface area contributed by atoms with E-state index in [9.17, 15) is 0 Å². The Morgan fingerprint density at radius 3 is 2.25 bits per heavy atom. The first-order valence-electron chi connectivity index (χ1n) is 0.940. The van der Waals surface area contributed by atoms with Crippen LogP contribution < -0.4 is 9.86 Å². The molecule has 0 aromatic carbocycles. The zero-order valence-electron chi connectivity index (χ0n) is 2.49. The number of rotatable bonds is 1. The Hall–Kier alpha value is 0.270. The highest BCUT2D eigenvalue weighted by atomic mass is 32.2. The third-order valence-electron chi connectivity index (χ3n) is 0.118. The van der Waals surface area contributed by atoms with Gasteiger partial charge in [0.1, 0.15) is 0 Å². The van der Waals surface area contributed by atoms with E-state index in [0.29, 0.717) is 0 Å². The maximum absolute atomic E-state index is 4.83. The molecule has 3 N–H and O–H groups in total. The lowest BCUT2D eigenvalue weighted by Gasteiger charge is -1.75. The maximum Gasteiger partial charge on any atom is -0.000245 e. The van der Waals surface area contributed by atoms with E-state index >= 15 is 0 Å². The molecule has 0 unspecified atom stereocenters. The van der Waals surface area contributed by atoms with Gasteiger partial charge in [-0.25, -0.2) is 0 Å². The van der Waals surface area contributed by atoms with Crippen molar-refractivity contribution in [3.8, 4) is 0 Å². The lowest BCUT2D eigenvalue weighted by Crippen LogP contribution is -1.94. The van der Waals surface area contributed by atoms with Gasteiger partial charge in [-0.2, -0.15) is 0 Å². The molecule has 0 amide bonds. The lowest BCUT2D eigenvalue weighted by atomic mass is 11.6. The molecular formula is CH6N2S. The molecule has 0 rings (SSSR count). The van der Waals surface area contributed by atoms with Crippen LogP contribution in [0.5, 0.6) is 0 Å². The largest absolute Gasteiger partial charge is 0.264 e. The Balaban J connectivity index is 1.97. The average molecular weight is 78.1 g/mol. The van der Waals surface area contributed by atoms with Crippen LogP contribution in [-0.2, 0) is 0 Å². The van der Waals surface area contributed by atoms with Crippen LogP contribution in [0.25, 0.3) is 0 Å². The summed E-state index contributed by atoms with van der Waals surface area (Å²) in [5.41, 5.74) is 0. The summed E-state index contributed by atoms with van der Waals surface area (Å²) < 4.78 is 2.62. The first-order chi connectivity index (χ1) is 1.91. The van der Waals surface area contributed by atoms with Crippen molar-refractivity contribution >= 4 is 12.1 Å². The van der Waals surface area contributed by atoms with Gasteiger partial charge >= 0.3 is 0 Å². The third kappa shape index (κ3) is 2.27. The van der Waals surface area contributed by atoms with E-state index in [-0.39, 0.29) is 0 Å². The van der Waals surface area contributed by atoms with Gasteiger partial charge in [0, 0.05) is 0 Å². The fourth-order valence-corrected chi connectivity index (χ4v) is 0. The van der Waals surface area contributed by atoms with Gasteiger partial charge in [-0.1, -0.05) is 0 Å². The molecule has 4 heavy (non-hydrogen) atoms. The Kier molecular flexibility index (Phi) is 3.49. The monoisotopic (exact) mass is 78.0 g/mol. The van der Waals surface area contributed by atoms with Gasteiger partial charge in [0.2, 0.25) is 0 Å². The van der Waals surface area contributed by atoms with E-state index in [0.717, 1.165) is 12.1 Å². The molecule has 0 aliphatic heterocycles. The second-order valence-corrected chi connectivity index (χ2v) is 0.966. The molecule has 0 bridgehead atoms. The van der Waals surface area contributed by atoms with E-state index < -0.39 is 0 Å². The number of nitrogens with one attached hydrogen (secondary N) is 1. The van der Waals surface area contributed by atoms with Crippen molar-refractivity contribution in [3.05, 3.63) is 0 Å². The fraction of sp³-hybridized carbons (Fsp3) is 1.00. The number of hydrogen-bond donors (Lipinski definition) is 2. The minimum Gasteiger partial charge on any atom is -0.264 e. The summed E-state index contributed by atoms with van der Waals surface area (Å²) in [7, 11) is 1.77. The highest BCUT2D eigenvalue weighted by Crippen LogP contribution is 1.60. The molecule has 0 radical (unpaired) electrons. The quantitative estimate of drug-likeness (QED) is 0.424. The zero-order valence-corrected chi connectivity index (χ0v) is 3.30. The van der Waals surface area contributed by atoms with Crippen molar-refractivity contribution in [2.45, 2.75) is 0 Å². The van der Waals surface area contributed by atoms with Gasteiger partial charge in [-0.15, -0.1) is 0 Å². The highest BCUT2D eigenvalue weighted by molar-refractivity contribution is 7.95. The van der Waals surface area contributed by atoms with Crippen molar-refractivity contribution in [3.63, 3.8) is 0 Å². The molecule has 26 valence electrons. The van der Waals surface area contributed by atoms with Crippen LogP contribution in [0, 0.1) is 0 Å². The van der Waals surface area contributed by atoms with Crippen LogP contribution >= 0.6 is 12.1 Å². The van der Waals surface area contributed by atoms with Crippen molar-refractivity contribution in [1.29, 1.82) is 0 Å². The Bertz CT molecular complexity index is 8.00. The van der Waals surface area contributed by atoms with Crippen LogP contribution in [0.2, 0.25) is 0 Å². The lowest BCUT2D eigenvalue weighted by molar-refractivity contribution is 1.30. The highest BCUT2D eigenvalue weighted by Gasteiger charge is 1.50. The molecule has 0 aliphatic carbocycles. The molecule has 3 heteroatoms. The van der Waals surface area contributed by atoms with Crippen LogP contribution in [0.15, 0.2) is 0 Å². The molecule has 0 aromatic rings. The van der Waals surface area contributed by atoms with Crippen LogP contribution in [-0.4, -0.2) is 7.05 Å². The second kappa shape index (κ2) is 3.27. The molecular weight excluding hydrogens is 72.1 g/mol. The fourth-order valence-electron chi connectivity index (χ4n) is 0. The summed E-state index contributed by atoms with van der Waals surface area (Å²) in [4.78, 5) is 0. The van der Waals surface area contributed by atoms with E-state index in [1.165, 1.54) is 0 Å². The normalized spacial score (nSPS) is 7.50. The van der Waals surface area contributed by atoms with Crippen LogP contribution in [0.4, 0.5) is 0 Å². The maximum atomic E-state index is 4.83. The molecule has 0 spiro atoms. The Morgan fingerprint density at radius 2 is 2.25 bits per heavy atom. The Morgan fingerprint density at radius 1 is 2.00 bits per heavy atom. The second-order valence-electron chi connectivity index (χ2n) is 0.322. The van der Waals surface area contributed by atoms with Crippen molar-refractivity contribution in [1.82, 2.24) is 4.72 Å². The van der Waals surface area contributed by atoms with Gasteiger partial charge in [0.05, 0.1) is 0 Å². The summed E-state index contributed by atoms with van der Waals surface area (Å²) >= 11 is 1.11. The summed E-state index contributed by atoms with van der Waals surface area (Å²) in [5.74, 6) is 0. The van der Waals surface area contributed by atoms with Gasteiger partial charge in [0.25, 0.3) is 0 Å². The van der Waals surface area contributed by atoms with E-state index in [1.807, 2.05) is 0 Å². The molecule has 0 saturated carbocycles. The van der Waals surface area contributed by atoms with Crippen LogP contribution in [0.1, 0.15) is 0 Å². The van der Waals surface area contributed by atoms with Crippen molar-refractivity contribution in [2.24, 2.45) is 5.14 Å². The number of nitrogens with two attached hydrogens (primary N) is 1. The standard InChI is InChI=1S/CH6N2S/c1-3-4-2/h3H,2H2,1H3. The molecule has 0 atom stereocenters. The van der Waals surface area contributed by atoms with Gasteiger partial charge in [-0.3, -0.25) is 9.86 Å². The molecule has 0 aromatic heterocycles. The van der Waals surface area contributed by atoms with E-state index in [2.05, 4.69) is 4.72 Å². The van der Waals surface area contributed by atoms with E-state index in [4.69, 9.17) is 5.14 Å². The van der Waals surface area contributed by atoms with Gasteiger partial charge < -0.3 is 0 Å². The molecule has 0 fully saturated rings. The first kappa shape index (κ1) is 4.27. The number of hydrogen-bond acceptors (Lipinski definition) is 3. The predicted octanol–water partition coefficient (Wildman–Crippen LogP) is -0.272. The SMILES string of the molecule is CNSN. The first-order valence-corrected chi connectivity index (χ1v) is 1.82. The van der Waals surface area contributed by atoms with Crippen molar-refractivity contribution in [2.75, 3.05) is 7.05 Å². The van der Waals surface area contributed by atoms with Gasteiger partial charge in [-0.05, 0) is 19.2 Å². The predicted molar refractivity (Wildman–Crippen MR) is 20.8 cm³/mol. The average Bonchev–Trinajstić information content (AvgIpc) is 1.37. The minimum absolute atomic E-state index is 1.11. The zero-order chi connectivity index (χ0) is 3.41. The molecule has 0 aliphatic rings. The van der Waals surface area contributed by atoms with E-state index in [1.54, 1.807) is 7.05 Å². The summed E-state index contributed by atoms with van der Waals surface area (Å²) in [6.07, 6.45) is 0. The topological polar surface area (TPSA) is 38.0 Å². The molecule has 2 nitrogen and oxygen atoms in total. The van der Waals surface area contributed by atoms with Crippen LogP contribution in [0.3, 0.4) is 0 Å². The Labute approximate surface area is 30.0 Å². The molecule has 0 heterocycles. The minimum atomic E-state index is 1.11. The third-order valence-corrected chi connectivity index (χ3v) is 0.354. The smallest absolute Gasteiger partial charge is 0.000245 e. The summed E-state index contributed by atoms with van der Waals surface area (Å²) in [6.45, 7) is 0. The van der Waals surface area contributed by atoms with Crippen molar-refractivity contribution < 1.29 is 0 Å². The summed E-state index contributed by atoms with van der Waals surface area (Å²) in [5, 5.41) is 4.83. The van der Waals surface area contributed by atoms with Gasteiger partial charge in [0.15, 0.2) is 0 Å². The molecule has 0 saturated heterocycles.